The van der Waals surface area contributed by atoms with Crippen molar-refractivity contribution in [1.82, 2.24) is 4.57 Å². The summed E-state index contributed by atoms with van der Waals surface area (Å²) in [4.78, 5) is 25.9. The maximum atomic E-state index is 15.9. The van der Waals surface area contributed by atoms with Gasteiger partial charge in [0.15, 0.2) is 11.6 Å². The summed E-state index contributed by atoms with van der Waals surface area (Å²) in [6, 6.07) is -0.830. The van der Waals surface area contributed by atoms with E-state index in [0.717, 1.165) is 30.0 Å². The van der Waals surface area contributed by atoms with Crippen LogP contribution in [0.5, 0.6) is 0 Å². The number of hydrogen-bond acceptors (Lipinski definition) is 5. The van der Waals surface area contributed by atoms with E-state index in [1.165, 1.54) is 0 Å². The largest absolute Gasteiger partial charge is 0.477 e. The number of nitrogens with two attached hydrogens (primary N) is 2. The molecule has 4 fully saturated rings. The molecule has 2 aromatic rings. The lowest BCUT2D eigenvalue weighted by Crippen LogP contribution is -2.42. The van der Waals surface area contributed by atoms with E-state index in [1.54, 1.807) is 4.90 Å². The first kappa shape index (κ1) is 19.9. The van der Waals surface area contributed by atoms with Gasteiger partial charge in [0.1, 0.15) is 17.4 Å². The number of rotatable bonds is 3. The number of aromatic carboxylic acids is 1. The Morgan fingerprint density at radius 3 is 2.59 bits per heavy atom. The number of pyridine rings is 1. The second-order valence-electron chi connectivity index (χ2n) is 9.88. The highest BCUT2D eigenvalue weighted by Gasteiger charge is 2.62. The first-order valence-corrected chi connectivity index (χ1v) is 10.9. The quantitative estimate of drug-likeness (QED) is 0.622. The van der Waals surface area contributed by atoms with E-state index < -0.39 is 51.9 Å². The minimum atomic E-state index is -1.57. The number of nitrogens with zero attached hydrogens (tertiary/aromatic N) is 2. The zero-order valence-corrected chi connectivity index (χ0v) is 17.2. The van der Waals surface area contributed by atoms with E-state index in [1.807, 2.05) is 0 Å². The monoisotopic (exact) mass is 448 g/mol. The number of hydrogen-bond donors (Lipinski definition) is 3. The Morgan fingerprint density at radius 1 is 1.22 bits per heavy atom. The molecule has 0 bridgehead atoms. The lowest BCUT2D eigenvalue weighted by Gasteiger charge is -2.30. The third-order valence-electron chi connectivity index (χ3n) is 8.17. The van der Waals surface area contributed by atoms with Crippen LogP contribution in [-0.2, 0) is 0 Å². The van der Waals surface area contributed by atoms with Gasteiger partial charge in [0.2, 0.25) is 5.43 Å². The molecule has 5 N–H and O–H groups in total. The Balaban J connectivity index is 1.56. The van der Waals surface area contributed by atoms with Crippen molar-refractivity contribution >= 4 is 28.2 Å². The predicted octanol–water partition coefficient (Wildman–Crippen LogP) is 2.41. The van der Waals surface area contributed by atoms with E-state index in [0.29, 0.717) is 19.0 Å². The number of carbonyl (C=O) groups is 1. The third kappa shape index (κ3) is 2.47. The molecule has 0 amide bonds. The summed E-state index contributed by atoms with van der Waals surface area (Å²) in [5.41, 5.74) is 9.12. The number of fused-ring (bicyclic) bond motifs is 4. The van der Waals surface area contributed by atoms with Crippen molar-refractivity contribution in [3.63, 3.8) is 0 Å². The average Bonchev–Trinajstić information content (AvgIpc) is 3.58. The van der Waals surface area contributed by atoms with Crippen LogP contribution in [0.15, 0.2) is 11.0 Å². The van der Waals surface area contributed by atoms with Crippen LogP contribution >= 0.6 is 0 Å². The van der Waals surface area contributed by atoms with Gasteiger partial charge in [0, 0.05) is 31.2 Å². The minimum absolute atomic E-state index is 0.0496. The lowest BCUT2D eigenvalue weighted by molar-refractivity contribution is 0.0694. The molecule has 10 heteroatoms. The number of alkyl halides is 1. The standard InChI is InChI=1S/C22H23F3N4O3/c23-12-3-13(12)29-6-10(21(31)32)20(30)14-17(26)15(24)19(16(25)18(14)29)28-5-8-1-2-9-4-22(9,27)11(8)7-28/h6,8-9,11-13H,1-5,7,26-27H2,(H,31,32)/t8-,9+,11+,12+,13-,22+/m1/s1. The van der Waals surface area contributed by atoms with E-state index in [9.17, 15) is 19.1 Å². The van der Waals surface area contributed by atoms with Crippen molar-refractivity contribution in [2.75, 3.05) is 23.7 Å². The molecule has 1 aromatic carbocycles. The topological polar surface area (TPSA) is 115 Å². The molecule has 0 unspecified atom stereocenters. The Bertz CT molecular complexity index is 1260. The molecule has 3 aliphatic carbocycles. The average molecular weight is 448 g/mol. The van der Waals surface area contributed by atoms with Gasteiger partial charge in [-0.15, -0.1) is 0 Å². The smallest absolute Gasteiger partial charge is 0.341 e. The van der Waals surface area contributed by atoms with Crippen LogP contribution in [0.2, 0.25) is 0 Å². The Morgan fingerprint density at radius 2 is 1.94 bits per heavy atom. The van der Waals surface area contributed by atoms with E-state index in [4.69, 9.17) is 11.5 Å². The summed E-state index contributed by atoms with van der Waals surface area (Å²) in [7, 11) is 0. The van der Waals surface area contributed by atoms with Crippen LogP contribution in [0.3, 0.4) is 0 Å². The molecule has 6 atom stereocenters. The van der Waals surface area contributed by atoms with Gasteiger partial charge in [-0.3, -0.25) is 4.79 Å². The summed E-state index contributed by atoms with van der Waals surface area (Å²) in [6.45, 7) is 0.796. The fourth-order valence-electron chi connectivity index (χ4n) is 6.25. The summed E-state index contributed by atoms with van der Waals surface area (Å²) in [5, 5.41) is 8.83. The fraction of sp³-hybridized carbons (Fsp3) is 0.545. The lowest BCUT2D eigenvalue weighted by atomic mass is 9.78. The Hall–Kier alpha value is -2.75. The summed E-state index contributed by atoms with van der Waals surface area (Å²) >= 11 is 0. The maximum absolute atomic E-state index is 15.9. The molecule has 1 saturated heterocycles. The third-order valence-corrected chi connectivity index (χ3v) is 8.17. The number of aromatic nitrogens is 1. The van der Waals surface area contributed by atoms with Crippen molar-refractivity contribution in [3.8, 4) is 0 Å². The molecule has 7 nitrogen and oxygen atoms in total. The summed E-state index contributed by atoms with van der Waals surface area (Å²) in [5.74, 6) is -2.89. The van der Waals surface area contributed by atoms with Gasteiger partial charge in [0.25, 0.3) is 0 Å². The van der Waals surface area contributed by atoms with Gasteiger partial charge in [-0.2, -0.15) is 0 Å². The summed E-state index contributed by atoms with van der Waals surface area (Å²) < 4.78 is 46.4. The van der Waals surface area contributed by atoms with E-state index >= 15 is 8.78 Å². The fourth-order valence-corrected chi connectivity index (χ4v) is 6.25. The number of carboxylic acid groups (broad SMARTS) is 1. The molecule has 3 saturated carbocycles. The van der Waals surface area contributed by atoms with Gasteiger partial charge >= 0.3 is 5.97 Å². The normalized spacial score (nSPS) is 35.0. The number of nitrogen functional groups attached to an aromatic ring is 1. The number of halogens is 3. The second-order valence-corrected chi connectivity index (χ2v) is 9.88. The highest BCUT2D eigenvalue weighted by Crippen LogP contribution is 2.59. The van der Waals surface area contributed by atoms with E-state index in [2.05, 4.69) is 0 Å². The van der Waals surface area contributed by atoms with Crippen LogP contribution < -0.4 is 21.8 Å². The molecule has 4 aliphatic rings. The molecule has 2 heterocycles. The van der Waals surface area contributed by atoms with Gasteiger partial charge in [0.05, 0.1) is 22.6 Å². The highest BCUT2D eigenvalue weighted by atomic mass is 19.1. The second kappa shape index (κ2) is 6.18. The van der Waals surface area contributed by atoms with Crippen LogP contribution in [0.25, 0.3) is 10.9 Å². The highest BCUT2D eigenvalue weighted by molar-refractivity contribution is 5.99. The van der Waals surface area contributed by atoms with Crippen molar-refractivity contribution in [2.24, 2.45) is 23.5 Å². The predicted molar refractivity (Wildman–Crippen MR) is 111 cm³/mol. The first-order valence-electron chi connectivity index (χ1n) is 10.9. The van der Waals surface area contributed by atoms with Gasteiger partial charge in [-0.1, -0.05) is 0 Å². The zero-order valence-electron chi connectivity index (χ0n) is 17.2. The van der Waals surface area contributed by atoms with Crippen molar-refractivity contribution < 1.29 is 23.1 Å². The maximum Gasteiger partial charge on any atom is 0.341 e. The Kier molecular flexibility index (Phi) is 3.84. The molecule has 0 spiro atoms. The molecular weight excluding hydrogens is 425 g/mol. The van der Waals surface area contributed by atoms with Crippen LogP contribution in [-0.4, -0.2) is 40.4 Å². The van der Waals surface area contributed by atoms with E-state index in [-0.39, 0.29) is 35.0 Å². The molecule has 6 rings (SSSR count). The zero-order chi connectivity index (χ0) is 22.7. The molecule has 170 valence electrons. The number of anilines is 2. The molecular formula is C22H23F3N4O3. The van der Waals surface area contributed by atoms with Crippen LogP contribution in [0.1, 0.15) is 42.1 Å². The number of carboxylic acids is 1. The number of benzene rings is 1. The first-order chi connectivity index (χ1) is 15.1. The molecule has 0 radical (unpaired) electrons. The molecule has 32 heavy (non-hydrogen) atoms. The van der Waals surface area contributed by atoms with Crippen LogP contribution in [0, 0.1) is 29.4 Å². The van der Waals surface area contributed by atoms with Gasteiger partial charge in [-0.25, -0.2) is 18.0 Å². The molecule has 1 aliphatic heterocycles. The van der Waals surface area contributed by atoms with Gasteiger partial charge < -0.3 is 26.0 Å². The SMILES string of the molecule is Nc1c(F)c(N2C[C@H]3CC[C@H]4C[C@@]4(N)[C@H]3C2)c(F)c2c1c(=O)c(C(=O)O)cn2[C@@H]1C[C@@H]1F. The van der Waals surface area contributed by atoms with Crippen LogP contribution in [0.4, 0.5) is 24.5 Å². The summed E-state index contributed by atoms with van der Waals surface area (Å²) in [6.07, 6.45) is 2.55. The minimum Gasteiger partial charge on any atom is -0.477 e. The van der Waals surface area contributed by atoms with Crippen molar-refractivity contribution in [1.29, 1.82) is 0 Å². The van der Waals surface area contributed by atoms with Crippen molar-refractivity contribution in [3.05, 3.63) is 33.6 Å². The molecule has 1 aromatic heterocycles. The van der Waals surface area contributed by atoms with Crippen molar-refractivity contribution in [2.45, 2.75) is 43.4 Å². The van der Waals surface area contributed by atoms with Gasteiger partial charge in [-0.05, 0) is 37.0 Å². The Labute approximate surface area is 180 Å².